The summed E-state index contributed by atoms with van der Waals surface area (Å²) in [5.41, 5.74) is 3.03. The van der Waals surface area contributed by atoms with Crippen LogP contribution in [0.2, 0.25) is 0 Å². The maximum Gasteiger partial charge on any atom is 0.230 e. The number of hydrogen-bond donors (Lipinski definition) is 1. The van der Waals surface area contributed by atoms with Crippen LogP contribution >= 0.6 is 11.8 Å². The van der Waals surface area contributed by atoms with Gasteiger partial charge in [0, 0.05) is 6.54 Å². The fourth-order valence-corrected chi connectivity index (χ4v) is 3.71. The van der Waals surface area contributed by atoms with Gasteiger partial charge in [0.1, 0.15) is 0 Å². The quantitative estimate of drug-likeness (QED) is 0.457. The van der Waals surface area contributed by atoms with E-state index in [4.69, 9.17) is 9.47 Å². The van der Waals surface area contributed by atoms with Crippen molar-refractivity contribution < 1.29 is 14.3 Å². The third-order valence-electron chi connectivity index (χ3n) is 4.46. The molecule has 3 rings (SSSR count). The van der Waals surface area contributed by atoms with Crippen molar-refractivity contribution in [3.63, 3.8) is 0 Å². The molecule has 1 aromatic heterocycles. The Labute approximate surface area is 186 Å². The minimum Gasteiger partial charge on any atom is -0.490 e. The summed E-state index contributed by atoms with van der Waals surface area (Å²) in [6.07, 6.45) is 0.698. The molecule has 0 fully saturated rings. The number of hydrogen-bond acceptors (Lipinski definition) is 7. The van der Waals surface area contributed by atoms with E-state index in [1.165, 1.54) is 11.8 Å². The number of ether oxygens (including phenoxy) is 2. The van der Waals surface area contributed by atoms with E-state index >= 15 is 0 Å². The van der Waals surface area contributed by atoms with Crippen LogP contribution in [0.3, 0.4) is 0 Å². The first-order valence-electron chi connectivity index (χ1n) is 10.2. The maximum absolute atomic E-state index is 12.3. The first kappa shape index (κ1) is 22.6. The van der Waals surface area contributed by atoms with Crippen molar-refractivity contribution in [3.05, 3.63) is 53.6 Å². The fraction of sp³-hybridized carbons (Fsp3) is 0.364. The average Bonchev–Trinajstić information content (AvgIpc) is 3.23. The molecule has 0 bridgehead atoms. The van der Waals surface area contributed by atoms with Crippen molar-refractivity contribution in [1.82, 2.24) is 25.5 Å². The summed E-state index contributed by atoms with van der Waals surface area (Å²) in [4.78, 5) is 12.3. The van der Waals surface area contributed by atoms with Crippen LogP contribution in [0.1, 0.15) is 25.0 Å². The fourth-order valence-electron chi connectivity index (χ4n) is 3.00. The lowest BCUT2D eigenvalue weighted by Crippen LogP contribution is -2.27. The Kier molecular flexibility index (Phi) is 8.28. The Morgan fingerprint density at radius 1 is 1.10 bits per heavy atom. The molecule has 1 heterocycles. The smallest absolute Gasteiger partial charge is 0.230 e. The normalized spacial score (nSPS) is 10.7. The SMILES string of the molecule is CCOc1ccc(CCNC(=O)CSc2nnnn2-c2ccccc2C)cc1OCC. The van der Waals surface area contributed by atoms with Crippen molar-refractivity contribution in [2.24, 2.45) is 0 Å². The van der Waals surface area contributed by atoms with Gasteiger partial charge in [0.25, 0.3) is 0 Å². The van der Waals surface area contributed by atoms with Crippen molar-refractivity contribution >= 4 is 17.7 Å². The Hall–Kier alpha value is -3.07. The van der Waals surface area contributed by atoms with Gasteiger partial charge in [-0.15, -0.1) is 5.10 Å². The lowest BCUT2D eigenvalue weighted by molar-refractivity contribution is -0.118. The number of carbonyl (C=O) groups excluding carboxylic acids is 1. The minimum atomic E-state index is -0.0692. The molecule has 3 aromatic rings. The molecule has 0 atom stereocenters. The Balaban J connectivity index is 1.50. The Morgan fingerprint density at radius 2 is 1.87 bits per heavy atom. The molecule has 0 aliphatic heterocycles. The summed E-state index contributed by atoms with van der Waals surface area (Å²) >= 11 is 1.31. The zero-order chi connectivity index (χ0) is 22.1. The second-order valence-corrected chi connectivity index (χ2v) is 7.64. The molecule has 9 heteroatoms. The molecule has 31 heavy (non-hydrogen) atoms. The largest absolute Gasteiger partial charge is 0.490 e. The van der Waals surface area contributed by atoms with Crippen LogP contribution in [0, 0.1) is 6.92 Å². The van der Waals surface area contributed by atoms with Crippen LogP contribution in [0.4, 0.5) is 0 Å². The summed E-state index contributed by atoms with van der Waals surface area (Å²) in [6, 6.07) is 13.7. The highest BCUT2D eigenvalue weighted by atomic mass is 32.2. The van der Waals surface area contributed by atoms with E-state index in [-0.39, 0.29) is 11.7 Å². The molecule has 0 aliphatic rings. The van der Waals surface area contributed by atoms with Gasteiger partial charge in [-0.05, 0) is 66.9 Å². The average molecular weight is 442 g/mol. The topological polar surface area (TPSA) is 91.2 Å². The number of carbonyl (C=O) groups is 1. The van der Waals surface area contributed by atoms with Crippen molar-refractivity contribution in [1.29, 1.82) is 0 Å². The monoisotopic (exact) mass is 441 g/mol. The van der Waals surface area contributed by atoms with Gasteiger partial charge in [0.05, 0.1) is 24.7 Å². The van der Waals surface area contributed by atoms with Crippen LogP contribution in [0.15, 0.2) is 47.6 Å². The second kappa shape index (κ2) is 11.4. The number of amides is 1. The van der Waals surface area contributed by atoms with Gasteiger partial charge in [0.15, 0.2) is 11.5 Å². The van der Waals surface area contributed by atoms with Crippen molar-refractivity contribution in [2.45, 2.75) is 32.3 Å². The standard InChI is InChI=1S/C22H27N5O3S/c1-4-29-19-11-10-17(14-20(19)30-5-2)12-13-23-21(28)15-31-22-24-25-26-27(22)18-9-7-6-8-16(18)3/h6-11,14H,4-5,12-13,15H2,1-3H3,(H,23,28). The third kappa shape index (κ3) is 6.21. The molecular formula is C22H27N5O3S. The predicted molar refractivity (Wildman–Crippen MR) is 120 cm³/mol. The van der Waals surface area contributed by atoms with Gasteiger partial charge in [-0.1, -0.05) is 36.0 Å². The van der Waals surface area contributed by atoms with E-state index in [0.29, 0.717) is 31.3 Å². The minimum absolute atomic E-state index is 0.0692. The second-order valence-electron chi connectivity index (χ2n) is 6.70. The lowest BCUT2D eigenvalue weighted by Gasteiger charge is -2.12. The van der Waals surface area contributed by atoms with Gasteiger partial charge in [0.2, 0.25) is 11.1 Å². The van der Waals surface area contributed by atoms with Crippen LogP contribution in [-0.2, 0) is 11.2 Å². The van der Waals surface area contributed by atoms with E-state index in [0.717, 1.165) is 28.3 Å². The summed E-state index contributed by atoms with van der Waals surface area (Å²) < 4.78 is 12.9. The Morgan fingerprint density at radius 3 is 2.65 bits per heavy atom. The number of nitrogens with zero attached hydrogens (tertiary/aromatic N) is 4. The molecule has 0 aliphatic carbocycles. The van der Waals surface area contributed by atoms with Gasteiger partial charge in [-0.25, -0.2) is 0 Å². The number of tetrazole rings is 1. The van der Waals surface area contributed by atoms with E-state index in [1.54, 1.807) is 4.68 Å². The van der Waals surface area contributed by atoms with Crippen LogP contribution in [0.25, 0.3) is 5.69 Å². The molecule has 2 aromatic carbocycles. The molecule has 8 nitrogen and oxygen atoms in total. The maximum atomic E-state index is 12.3. The molecule has 164 valence electrons. The van der Waals surface area contributed by atoms with Crippen LogP contribution < -0.4 is 14.8 Å². The van der Waals surface area contributed by atoms with Gasteiger partial charge in [-0.3, -0.25) is 4.79 Å². The molecule has 0 radical (unpaired) electrons. The molecule has 0 saturated heterocycles. The number of aryl methyl sites for hydroxylation is 1. The molecule has 0 unspecified atom stereocenters. The predicted octanol–water partition coefficient (Wildman–Crippen LogP) is 3.22. The summed E-state index contributed by atoms with van der Waals surface area (Å²) in [7, 11) is 0. The first-order chi connectivity index (χ1) is 15.1. The van der Waals surface area contributed by atoms with E-state index in [1.807, 2.05) is 63.2 Å². The van der Waals surface area contributed by atoms with Crippen LogP contribution in [-0.4, -0.2) is 51.6 Å². The number of nitrogens with one attached hydrogen (secondary N) is 1. The highest BCUT2D eigenvalue weighted by Crippen LogP contribution is 2.28. The van der Waals surface area contributed by atoms with Gasteiger partial charge in [-0.2, -0.15) is 4.68 Å². The molecule has 0 spiro atoms. The number of rotatable bonds is 11. The molecule has 0 saturated carbocycles. The van der Waals surface area contributed by atoms with Crippen LogP contribution in [0.5, 0.6) is 11.5 Å². The zero-order valence-corrected chi connectivity index (χ0v) is 18.8. The molecule has 1 N–H and O–H groups in total. The highest BCUT2D eigenvalue weighted by molar-refractivity contribution is 7.99. The summed E-state index contributed by atoms with van der Waals surface area (Å²) in [5.74, 6) is 1.63. The Bertz CT molecular complexity index is 1010. The number of para-hydroxylation sites is 1. The number of benzene rings is 2. The number of thioether (sulfide) groups is 1. The van der Waals surface area contributed by atoms with E-state index in [9.17, 15) is 4.79 Å². The van der Waals surface area contributed by atoms with Crippen molar-refractivity contribution in [2.75, 3.05) is 25.5 Å². The zero-order valence-electron chi connectivity index (χ0n) is 18.0. The first-order valence-corrected chi connectivity index (χ1v) is 11.2. The molecular weight excluding hydrogens is 414 g/mol. The summed E-state index contributed by atoms with van der Waals surface area (Å²) in [5, 5.41) is 15.4. The highest BCUT2D eigenvalue weighted by Gasteiger charge is 2.13. The van der Waals surface area contributed by atoms with E-state index < -0.39 is 0 Å². The lowest BCUT2D eigenvalue weighted by atomic mass is 10.1. The summed E-state index contributed by atoms with van der Waals surface area (Å²) in [6.45, 7) is 7.56. The molecule has 1 amide bonds. The van der Waals surface area contributed by atoms with Gasteiger partial charge >= 0.3 is 0 Å². The van der Waals surface area contributed by atoms with E-state index in [2.05, 4.69) is 20.8 Å². The van der Waals surface area contributed by atoms with Gasteiger partial charge < -0.3 is 14.8 Å². The van der Waals surface area contributed by atoms with Crippen molar-refractivity contribution in [3.8, 4) is 17.2 Å². The number of aromatic nitrogens is 4. The third-order valence-corrected chi connectivity index (χ3v) is 5.38.